The van der Waals surface area contributed by atoms with Crippen LogP contribution in [0.4, 0.5) is 0 Å². The van der Waals surface area contributed by atoms with Gasteiger partial charge in [-0.1, -0.05) is 6.92 Å². The molecule has 7 heteroatoms. The Morgan fingerprint density at radius 2 is 2.00 bits per heavy atom. The summed E-state index contributed by atoms with van der Waals surface area (Å²) in [6.07, 6.45) is 1.04. The molecule has 0 aliphatic heterocycles. The van der Waals surface area contributed by atoms with E-state index >= 15 is 0 Å². The number of hydrogen-bond donors (Lipinski definition) is 2. The number of aliphatic imine (C=N–C) groups is 1. The van der Waals surface area contributed by atoms with Crippen LogP contribution in [0, 0.1) is 0 Å². The molecular weight excluding hydrogens is 461 g/mol. The van der Waals surface area contributed by atoms with E-state index in [0.29, 0.717) is 24.1 Å². The van der Waals surface area contributed by atoms with Gasteiger partial charge in [0.15, 0.2) is 17.5 Å². The SMILES string of the molecule is CCC(C)NC(=NC)NCc1cc(Br)c(OC)c(OC)c1.I. The van der Waals surface area contributed by atoms with Crippen LogP contribution in [0.2, 0.25) is 0 Å². The van der Waals surface area contributed by atoms with Crippen molar-refractivity contribution in [2.75, 3.05) is 21.3 Å². The van der Waals surface area contributed by atoms with Gasteiger partial charge in [-0.3, -0.25) is 4.99 Å². The molecular formula is C15H25BrIN3O2. The molecule has 0 aliphatic rings. The smallest absolute Gasteiger partial charge is 0.191 e. The lowest BCUT2D eigenvalue weighted by atomic mass is 10.2. The van der Waals surface area contributed by atoms with E-state index in [2.05, 4.69) is 45.4 Å². The van der Waals surface area contributed by atoms with Crippen LogP contribution in [0.3, 0.4) is 0 Å². The Labute approximate surface area is 158 Å². The van der Waals surface area contributed by atoms with Gasteiger partial charge in [-0.25, -0.2) is 0 Å². The third-order valence-electron chi connectivity index (χ3n) is 3.17. The molecule has 1 unspecified atom stereocenters. The third kappa shape index (κ3) is 6.20. The summed E-state index contributed by atoms with van der Waals surface area (Å²) >= 11 is 3.50. The normalized spacial score (nSPS) is 12.2. The minimum atomic E-state index is 0. The molecule has 0 bridgehead atoms. The van der Waals surface area contributed by atoms with E-state index in [0.717, 1.165) is 22.4 Å². The van der Waals surface area contributed by atoms with E-state index < -0.39 is 0 Å². The number of hydrogen-bond acceptors (Lipinski definition) is 3. The molecule has 0 fully saturated rings. The Morgan fingerprint density at radius 1 is 1.32 bits per heavy atom. The lowest BCUT2D eigenvalue weighted by Gasteiger charge is -2.17. The van der Waals surface area contributed by atoms with Gasteiger partial charge in [-0.05, 0) is 47.0 Å². The van der Waals surface area contributed by atoms with Gasteiger partial charge < -0.3 is 20.1 Å². The molecule has 0 aliphatic carbocycles. The van der Waals surface area contributed by atoms with Crippen LogP contribution in [-0.2, 0) is 6.54 Å². The number of nitrogens with one attached hydrogen (secondary N) is 2. The van der Waals surface area contributed by atoms with Gasteiger partial charge in [-0.15, -0.1) is 24.0 Å². The fourth-order valence-corrected chi connectivity index (χ4v) is 2.44. The Bertz CT molecular complexity index is 498. The highest BCUT2D eigenvalue weighted by Crippen LogP contribution is 2.36. The number of methoxy groups -OCH3 is 2. The minimum absolute atomic E-state index is 0. The van der Waals surface area contributed by atoms with Crippen molar-refractivity contribution in [1.29, 1.82) is 0 Å². The van der Waals surface area contributed by atoms with E-state index in [4.69, 9.17) is 9.47 Å². The van der Waals surface area contributed by atoms with Crippen LogP contribution < -0.4 is 20.1 Å². The predicted molar refractivity (Wildman–Crippen MR) is 106 cm³/mol. The molecule has 0 saturated carbocycles. The first-order chi connectivity index (χ1) is 10.0. The highest BCUT2D eigenvalue weighted by molar-refractivity contribution is 14.0. The van der Waals surface area contributed by atoms with Crippen molar-refractivity contribution in [1.82, 2.24) is 10.6 Å². The number of rotatable bonds is 6. The van der Waals surface area contributed by atoms with E-state index in [9.17, 15) is 0 Å². The second-order valence-electron chi connectivity index (χ2n) is 4.69. The van der Waals surface area contributed by atoms with Gasteiger partial charge in [-0.2, -0.15) is 0 Å². The molecule has 1 atom stereocenters. The summed E-state index contributed by atoms with van der Waals surface area (Å²) < 4.78 is 11.5. The number of ether oxygens (including phenoxy) is 2. The maximum Gasteiger partial charge on any atom is 0.191 e. The second kappa shape index (κ2) is 10.9. The number of benzene rings is 1. The molecule has 0 amide bonds. The highest BCUT2D eigenvalue weighted by atomic mass is 127. The van der Waals surface area contributed by atoms with Gasteiger partial charge in [0.2, 0.25) is 0 Å². The number of halogens is 2. The third-order valence-corrected chi connectivity index (χ3v) is 3.76. The maximum atomic E-state index is 5.34. The van der Waals surface area contributed by atoms with Crippen molar-refractivity contribution >= 4 is 45.9 Å². The highest BCUT2D eigenvalue weighted by Gasteiger charge is 2.11. The van der Waals surface area contributed by atoms with Crippen LogP contribution in [-0.4, -0.2) is 33.3 Å². The van der Waals surface area contributed by atoms with Crippen LogP contribution in [0.25, 0.3) is 0 Å². The summed E-state index contributed by atoms with van der Waals surface area (Å²) in [6, 6.07) is 4.34. The molecule has 2 N–H and O–H groups in total. The number of nitrogens with zero attached hydrogens (tertiary/aromatic N) is 1. The molecule has 1 aromatic carbocycles. The second-order valence-corrected chi connectivity index (χ2v) is 5.55. The maximum absolute atomic E-state index is 5.34. The first-order valence-electron chi connectivity index (χ1n) is 6.93. The van der Waals surface area contributed by atoms with Crippen LogP contribution in [0.1, 0.15) is 25.8 Å². The monoisotopic (exact) mass is 485 g/mol. The topological polar surface area (TPSA) is 54.9 Å². The van der Waals surface area contributed by atoms with Crippen molar-refractivity contribution in [2.45, 2.75) is 32.9 Å². The summed E-state index contributed by atoms with van der Waals surface area (Å²) in [4.78, 5) is 4.22. The molecule has 0 heterocycles. The summed E-state index contributed by atoms with van der Waals surface area (Å²) in [5.41, 5.74) is 1.08. The lowest BCUT2D eigenvalue weighted by molar-refractivity contribution is 0.352. The molecule has 0 saturated heterocycles. The van der Waals surface area contributed by atoms with Crippen LogP contribution in [0.5, 0.6) is 11.5 Å². The zero-order chi connectivity index (χ0) is 15.8. The van der Waals surface area contributed by atoms with Crippen LogP contribution in [0.15, 0.2) is 21.6 Å². The molecule has 1 rings (SSSR count). The zero-order valence-corrected chi connectivity index (χ0v) is 17.6. The number of guanidine groups is 1. The quantitative estimate of drug-likeness (QED) is 0.367. The summed E-state index contributed by atoms with van der Waals surface area (Å²) in [5, 5.41) is 6.61. The summed E-state index contributed by atoms with van der Waals surface area (Å²) in [7, 11) is 5.02. The van der Waals surface area contributed by atoms with E-state index in [1.165, 1.54) is 0 Å². The van der Waals surface area contributed by atoms with Gasteiger partial charge in [0.05, 0.1) is 18.7 Å². The standard InChI is InChI=1S/C15H24BrN3O2.HI/c1-6-10(2)19-15(17-3)18-9-11-7-12(16)14(21-5)13(8-11)20-4;/h7-8,10H,6,9H2,1-5H3,(H2,17,18,19);1H. The van der Waals surface area contributed by atoms with Gasteiger partial charge in [0.1, 0.15) is 0 Å². The van der Waals surface area contributed by atoms with Crippen LogP contribution >= 0.6 is 39.9 Å². The molecule has 0 spiro atoms. The van der Waals surface area contributed by atoms with E-state index in [1.54, 1.807) is 21.3 Å². The minimum Gasteiger partial charge on any atom is -0.493 e. The molecule has 22 heavy (non-hydrogen) atoms. The van der Waals surface area contributed by atoms with Gasteiger partial charge >= 0.3 is 0 Å². The average molecular weight is 486 g/mol. The molecule has 5 nitrogen and oxygen atoms in total. The van der Waals surface area contributed by atoms with Crippen molar-refractivity contribution in [3.8, 4) is 11.5 Å². The van der Waals surface area contributed by atoms with Crippen molar-refractivity contribution in [3.05, 3.63) is 22.2 Å². The van der Waals surface area contributed by atoms with Crippen molar-refractivity contribution in [3.63, 3.8) is 0 Å². The lowest BCUT2D eigenvalue weighted by Crippen LogP contribution is -2.41. The predicted octanol–water partition coefficient (Wildman–Crippen LogP) is 3.55. The molecule has 0 radical (unpaired) electrons. The zero-order valence-electron chi connectivity index (χ0n) is 13.7. The van der Waals surface area contributed by atoms with E-state index in [1.807, 2.05) is 12.1 Å². The van der Waals surface area contributed by atoms with Crippen molar-refractivity contribution in [2.24, 2.45) is 4.99 Å². The average Bonchev–Trinajstić information content (AvgIpc) is 2.50. The Kier molecular flexibility index (Phi) is 10.6. The first-order valence-corrected chi connectivity index (χ1v) is 7.72. The Balaban J connectivity index is 0.00000441. The van der Waals surface area contributed by atoms with Gasteiger partial charge in [0, 0.05) is 19.6 Å². The Hall–Kier alpha value is -0.700. The largest absolute Gasteiger partial charge is 0.493 e. The van der Waals surface area contributed by atoms with Crippen molar-refractivity contribution < 1.29 is 9.47 Å². The molecule has 126 valence electrons. The summed E-state index contributed by atoms with van der Waals surface area (Å²) in [5.74, 6) is 2.19. The molecule has 0 aromatic heterocycles. The summed E-state index contributed by atoms with van der Waals surface area (Å²) in [6.45, 7) is 4.91. The fraction of sp³-hybridized carbons (Fsp3) is 0.533. The molecule has 1 aromatic rings. The van der Waals surface area contributed by atoms with Gasteiger partial charge in [0.25, 0.3) is 0 Å². The fourth-order valence-electron chi connectivity index (χ4n) is 1.79. The Morgan fingerprint density at radius 3 is 2.50 bits per heavy atom. The first kappa shape index (κ1) is 21.3. The van der Waals surface area contributed by atoms with E-state index in [-0.39, 0.29) is 24.0 Å².